The fourth-order valence-corrected chi connectivity index (χ4v) is 3.01. The molecule has 0 aliphatic rings. The van der Waals surface area contributed by atoms with Crippen LogP contribution in [0.25, 0.3) is 0 Å². The molecule has 1 aromatic rings. The number of rotatable bonds is 7. The SMILES string of the molecule is CCCNCCC(C)(O)Cc1nc(C(C)(C)C)cs1. The minimum atomic E-state index is -0.673. The molecule has 0 saturated carbocycles. The molecule has 110 valence electrons. The van der Waals surface area contributed by atoms with E-state index in [1.165, 1.54) is 0 Å². The molecule has 1 heterocycles. The number of aromatic nitrogens is 1. The maximum absolute atomic E-state index is 10.4. The molecule has 1 rings (SSSR count). The van der Waals surface area contributed by atoms with Crippen molar-refractivity contribution in [2.45, 2.75) is 64.9 Å². The van der Waals surface area contributed by atoms with Gasteiger partial charge in [-0.25, -0.2) is 4.98 Å². The van der Waals surface area contributed by atoms with Gasteiger partial charge in [-0.1, -0.05) is 27.7 Å². The Morgan fingerprint density at radius 1 is 1.26 bits per heavy atom. The molecule has 1 unspecified atom stereocenters. The van der Waals surface area contributed by atoms with Gasteiger partial charge in [-0.3, -0.25) is 0 Å². The fraction of sp³-hybridized carbons (Fsp3) is 0.800. The molecule has 0 aromatic carbocycles. The van der Waals surface area contributed by atoms with Gasteiger partial charge in [0.25, 0.3) is 0 Å². The summed E-state index contributed by atoms with van der Waals surface area (Å²) in [5.41, 5.74) is 0.532. The predicted octanol–water partition coefficient (Wildman–Crippen LogP) is 3.12. The van der Waals surface area contributed by atoms with Crippen LogP contribution in [0, 0.1) is 0 Å². The summed E-state index contributed by atoms with van der Waals surface area (Å²) in [5, 5.41) is 16.9. The normalized spacial score (nSPS) is 15.5. The van der Waals surface area contributed by atoms with Gasteiger partial charge >= 0.3 is 0 Å². The van der Waals surface area contributed by atoms with Crippen molar-refractivity contribution in [3.63, 3.8) is 0 Å². The van der Waals surface area contributed by atoms with Crippen LogP contribution in [0.1, 0.15) is 58.2 Å². The molecule has 0 radical (unpaired) electrons. The number of thiazole rings is 1. The topological polar surface area (TPSA) is 45.1 Å². The zero-order valence-corrected chi connectivity index (χ0v) is 13.7. The Bertz CT molecular complexity index is 380. The molecule has 0 bridgehead atoms. The van der Waals surface area contributed by atoms with Crippen molar-refractivity contribution >= 4 is 11.3 Å². The van der Waals surface area contributed by atoms with Gasteiger partial charge in [0, 0.05) is 17.2 Å². The van der Waals surface area contributed by atoms with Gasteiger partial charge < -0.3 is 10.4 Å². The van der Waals surface area contributed by atoms with Crippen LogP contribution in [0.5, 0.6) is 0 Å². The summed E-state index contributed by atoms with van der Waals surface area (Å²) in [6.07, 6.45) is 2.53. The van der Waals surface area contributed by atoms with Crippen LogP contribution in [0.3, 0.4) is 0 Å². The maximum atomic E-state index is 10.4. The maximum Gasteiger partial charge on any atom is 0.0957 e. The first-order valence-electron chi connectivity index (χ1n) is 7.12. The Labute approximate surface area is 121 Å². The summed E-state index contributed by atoms with van der Waals surface area (Å²) >= 11 is 1.66. The zero-order valence-electron chi connectivity index (χ0n) is 12.9. The van der Waals surface area contributed by atoms with E-state index in [0.29, 0.717) is 6.42 Å². The van der Waals surface area contributed by atoms with Gasteiger partial charge in [-0.15, -0.1) is 11.3 Å². The minimum Gasteiger partial charge on any atom is -0.390 e. The average molecular weight is 284 g/mol. The van der Waals surface area contributed by atoms with Crippen LogP contribution >= 0.6 is 11.3 Å². The summed E-state index contributed by atoms with van der Waals surface area (Å²) in [4.78, 5) is 4.65. The fourth-order valence-electron chi connectivity index (χ4n) is 1.81. The second-order valence-electron chi connectivity index (χ2n) is 6.55. The van der Waals surface area contributed by atoms with E-state index in [9.17, 15) is 5.11 Å². The van der Waals surface area contributed by atoms with Crippen LogP contribution in [-0.2, 0) is 11.8 Å². The van der Waals surface area contributed by atoms with Crippen LogP contribution in [0.2, 0.25) is 0 Å². The van der Waals surface area contributed by atoms with Crippen LogP contribution in [0.15, 0.2) is 5.38 Å². The second kappa shape index (κ2) is 6.82. The third kappa shape index (κ3) is 6.02. The van der Waals surface area contributed by atoms with Crippen LogP contribution in [-0.4, -0.2) is 28.8 Å². The number of hydrogen-bond acceptors (Lipinski definition) is 4. The minimum absolute atomic E-state index is 0.0866. The Morgan fingerprint density at radius 3 is 2.47 bits per heavy atom. The lowest BCUT2D eigenvalue weighted by molar-refractivity contribution is 0.0515. The lowest BCUT2D eigenvalue weighted by atomic mass is 9.93. The molecule has 1 aromatic heterocycles. The van der Waals surface area contributed by atoms with Gasteiger partial charge in [-0.05, 0) is 32.9 Å². The molecule has 4 heteroatoms. The molecule has 0 fully saturated rings. The Hall–Kier alpha value is -0.450. The van der Waals surface area contributed by atoms with E-state index < -0.39 is 5.60 Å². The average Bonchev–Trinajstić information content (AvgIpc) is 2.72. The summed E-state index contributed by atoms with van der Waals surface area (Å²) in [6, 6.07) is 0. The monoisotopic (exact) mass is 284 g/mol. The smallest absolute Gasteiger partial charge is 0.0957 e. The number of nitrogens with zero attached hydrogens (tertiary/aromatic N) is 1. The quantitative estimate of drug-likeness (QED) is 0.756. The zero-order chi connectivity index (χ0) is 14.5. The van der Waals surface area contributed by atoms with Crippen molar-refractivity contribution < 1.29 is 5.11 Å². The van der Waals surface area contributed by atoms with Crippen LogP contribution < -0.4 is 5.32 Å². The Kier molecular flexibility index (Phi) is 5.96. The highest BCUT2D eigenvalue weighted by atomic mass is 32.1. The highest BCUT2D eigenvalue weighted by Crippen LogP contribution is 2.26. The van der Waals surface area contributed by atoms with Gasteiger partial charge in [0.2, 0.25) is 0 Å². The largest absolute Gasteiger partial charge is 0.390 e. The molecule has 0 spiro atoms. The molecule has 0 saturated heterocycles. The van der Waals surface area contributed by atoms with Crippen LogP contribution in [0.4, 0.5) is 0 Å². The Balaban J connectivity index is 2.50. The molecular formula is C15H28N2OS. The first-order chi connectivity index (χ1) is 8.74. The number of aliphatic hydroxyl groups is 1. The van der Waals surface area contributed by atoms with Gasteiger partial charge in [-0.2, -0.15) is 0 Å². The summed E-state index contributed by atoms with van der Waals surface area (Å²) in [5.74, 6) is 0. The van der Waals surface area contributed by atoms with Crippen molar-refractivity contribution in [2.75, 3.05) is 13.1 Å². The van der Waals surface area contributed by atoms with E-state index in [1.807, 2.05) is 6.92 Å². The van der Waals surface area contributed by atoms with Gasteiger partial charge in [0.15, 0.2) is 0 Å². The van der Waals surface area contributed by atoms with E-state index in [-0.39, 0.29) is 5.41 Å². The molecule has 19 heavy (non-hydrogen) atoms. The first kappa shape index (κ1) is 16.6. The molecule has 0 aliphatic carbocycles. The first-order valence-corrected chi connectivity index (χ1v) is 8.00. The third-order valence-corrected chi connectivity index (χ3v) is 3.97. The standard InChI is InChI=1S/C15H28N2OS/c1-6-8-16-9-7-15(5,18)10-13-17-12(11-19-13)14(2,3)4/h11,16,18H,6-10H2,1-5H3. The van der Waals surface area contributed by atoms with E-state index >= 15 is 0 Å². The van der Waals surface area contributed by atoms with E-state index in [1.54, 1.807) is 11.3 Å². The number of hydrogen-bond donors (Lipinski definition) is 2. The highest BCUT2D eigenvalue weighted by molar-refractivity contribution is 7.09. The van der Waals surface area contributed by atoms with E-state index in [0.717, 1.165) is 36.6 Å². The number of nitrogens with one attached hydrogen (secondary N) is 1. The third-order valence-electron chi connectivity index (χ3n) is 3.12. The summed E-state index contributed by atoms with van der Waals surface area (Å²) in [6.45, 7) is 12.4. The summed E-state index contributed by atoms with van der Waals surface area (Å²) < 4.78 is 0. The lowest BCUT2D eigenvalue weighted by Gasteiger charge is -2.22. The Morgan fingerprint density at radius 2 is 1.95 bits per heavy atom. The summed E-state index contributed by atoms with van der Waals surface area (Å²) in [7, 11) is 0. The second-order valence-corrected chi connectivity index (χ2v) is 7.49. The van der Waals surface area contributed by atoms with Crippen molar-refractivity contribution in [2.24, 2.45) is 0 Å². The van der Waals surface area contributed by atoms with Crippen molar-refractivity contribution in [3.05, 3.63) is 16.1 Å². The van der Waals surface area contributed by atoms with Gasteiger partial charge in [0.05, 0.1) is 16.3 Å². The molecular weight excluding hydrogens is 256 g/mol. The van der Waals surface area contributed by atoms with Crippen molar-refractivity contribution in [1.82, 2.24) is 10.3 Å². The van der Waals surface area contributed by atoms with E-state index in [2.05, 4.69) is 43.4 Å². The van der Waals surface area contributed by atoms with E-state index in [4.69, 9.17) is 0 Å². The molecule has 3 nitrogen and oxygen atoms in total. The molecule has 0 amide bonds. The van der Waals surface area contributed by atoms with Gasteiger partial charge in [0.1, 0.15) is 0 Å². The highest BCUT2D eigenvalue weighted by Gasteiger charge is 2.24. The van der Waals surface area contributed by atoms with Crippen molar-refractivity contribution in [3.8, 4) is 0 Å². The lowest BCUT2D eigenvalue weighted by Crippen LogP contribution is -2.32. The molecule has 1 atom stereocenters. The molecule has 0 aliphatic heterocycles. The predicted molar refractivity (Wildman–Crippen MR) is 82.9 cm³/mol. The van der Waals surface area contributed by atoms with Crippen molar-refractivity contribution in [1.29, 1.82) is 0 Å². The molecule has 2 N–H and O–H groups in total.